The zero-order valence-electron chi connectivity index (χ0n) is 24.4. The highest BCUT2D eigenvalue weighted by molar-refractivity contribution is 7.95. The zero-order chi connectivity index (χ0) is 28.5. The Kier molecular flexibility index (Phi) is 9.90. The van der Waals surface area contributed by atoms with Crippen molar-refractivity contribution >= 4 is 23.2 Å². The quantitative estimate of drug-likeness (QED) is 0.164. The van der Waals surface area contributed by atoms with E-state index in [-0.39, 0.29) is 12.2 Å². The third kappa shape index (κ3) is 6.58. The smallest absolute Gasteiger partial charge is 0.168 e. The van der Waals surface area contributed by atoms with E-state index in [9.17, 15) is 0 Å². The molecular weight excluding hydrogens is 527 g/mol. The van der Waals surface area contributed by atoms with E-state index < -0.39 is 13.0 Å². The molecule has 0 saturated carbocycles. The molecule has 4 nitrogen and oxygen atoms in total. The Labute approximate surface area is 246 Å². The van der Waals surface area contributed by atoms with Gasteiger partial charge in [0.1, 0.15) is 35.0 Å². The maximum atomic E-state index is 6.74. The van der Waals surface area contributed by atoms with Gasteiger partial charge in [-0.05, 0) is 66.9 Å². The van der Waals surface area contributed by atoms with Crippen LogP contribution in [0.15, 0.2) is 115 Å². The van der Waals surface area contributed by atoms with Crippen LogP contribution in [0.1, 0.15) is 38.7 Å². The van der Waals surface area contributed by atoms with Crippen LogP contribution in [0.2, 0.25) is 0 Å². The van der Waals surface area contributed by atoms with Gasteiger partial charge in [-0.25, -0.2) is 0 Å². The van der Waals surface area contributed by atoms with Gasteiger partial charge in [-0.15, -0.1) is 0 Å². The lowest BCUT2D eigenvalue weighted by Crippen LogP contribution is -2.38. The molecule has 5 rings (SSSR count). The lowest BCUT2D eigenvalue weighted by atomic mass is 10.1. The van der Waals surface area contributed by atoms with E-state index in [2.05, 4.69) is 117 Å². The van der Waals surface area contributed by atoms with Gasteiger partial charge in [0, 0.05) is 6.42 Å². The van der Waals surface area contributed by atoms with Gasteiger partial charge in [-0.3, -0.25) is 0 Å². The van der Waals surface area contributed by atoms with Crippen LogP contribution in [0, 0.1) is 0 Å². The number of ether oxygens (including phenoxy) is 4. The van der Waals surface area contributed by atoms with Crippen LogP contribution in [0.25, 0.3) is 0 Å². The van der Waals surface area contributed by atoms with Gasteiger partial charge in [0.25, 0.3) is 0 Å². The molecule has 0 radical (unpaired) electrons. The number of hydrogen-bond donors (Lipinski definition) is 0. The number of rotatable bonds is 13. The molecule has 0 unspecified atom stereocenters. The van der Waals surface area contributed by atoms with E-state index in [0.29, 0.717) is 13.2 Å². The highest BCUT2D eigenvalue weighted by Crippen LogP contribution is 2.56. The number of hydrogen-bond acceptors (Lipinski definition) is 4. The van der Waals surface area contributed by atoms with Gasteiger partial charge in [-0.1, -0.05) is 80.6 Å². The first kappa shape index (κ1) is 29.5. The standard InChI is InChI=1S/C36H42O4P/c1-4-36(5-2)39-28-35(40-36)34(38-27-29-21-23-30(37-3)24-22-29)25-26-41(31-15-9-6-10-16-31,32-17-11-7-12-18-32)33-19-13-8-14-20-33/h6-24,34-35H,4-5,25-28H2,1-3H3/q+1/t34-,35-/m1/s1. The highest BCUT2D eigenvalue weighted by Gasteiger charge is 2.48. The SMILES string of the molecule is CCC1(CC)OC[C@H]([C@@H](CC[P+](c2ccccc2)(c2ccccc2)c2ccccc2)OCc2ccc(OC)cc2)O1. The predicted octanol–water partition coefficient (Wildman–Crippen LogP) is 6.90. The molecule has 1 saturated heterocycles. The van der Waals surface area contributed by atoms with Crippen LogP contribution in [0.5, 0.6) is 5.75 Å². The maximum absolute atomic E-state index is 6.74. The molecule has 0 N–H and O–H groups in total. The van der Waals surface area contributed by atoms with Crippen molar-refractivity contribution in [1.29, 1.82) is 0 Å². The van der Waals surface area contributed by atoms with Crippen molar-refractivity contribution in [3.63, 3.8) is 0 Å². The Morgan fingerprint density at radius 1 is 0.756 bits per heavy atom. The summed E-state index contributed by atoms with van der Waals surface area (Å²) in [6, 6.07) is 41.2. The molecule has 1 heterocycles. The van der Waals surface area contributed by atoms with Gasteiger partial charge in [-0.2, -0.15) is 0 Å². The van der Waals surface area contributed by atoms with Crippen molar-refractivity contribution in [3.05, 3.63) is 121 Å². The minimum Gasteiger partial charge on any atom is -0.497 e. The fraction of sp³-hybridized carbons (Fsp3) is 0.333. The molecule has 214 valence electrons. The van der Waals surface area contributed by atoms with Crippen LogP contribution in [-0.4, -0.2) is 37.9 Å². The van der Waals surface area contributed by atoms with Gasteiger partial charge in [0.05, 0.1) is 32.6 Å². The molecule has 1 fully saturated rings. The lowest BCUT2D eigenvalue weighted by molar-refractivity contribution is -0.186. The van der Waals surface area contributed by atoms with Crippen molar-refractivity contribution in [2.75, 3.05) is 19.9 Å². The summed E-state index contributed by atoms with van der Waals surface area (Å²) in [4.78, 5) is 0. The second-order valence-electron chi connectivity index (χ2n) is 10.6. The summed E-state index contributed by atoms with van der Waals surface area (Å²) in [6.45, 7) is 5.32. The van der Waals surface area contributed by atoms with Crippen LogP contribution in [0.4, 0.5) is 0 Å². The van der Waals surface area contributed by atoms with Crippen LogP contribution in [0.3, 0.4) is 0 Å². The summed E-state index contributed by atoms with van der Waals surface area (Å²) in [5, 5.41) is 4.14. The second kappa shape index (κ2) is 13.8. The molecule has 0 bridgehead atoms. The molecule has 0 spiro atoms. The van der Waals surface area contributed by atoms with Gasteiger partial charge in [0.15, 0.2) is 5.79 Å². The molecule has 0 aromatic heterocycles. The third-order valence-corrected chi connectivity index (χ3v) is 12.8. The van der Waals surface area contributed by atoms with E-state index in [0.717, 1.165) is 36.7 Å². The van der Waals surface area contributed by atoms with Crippen molar-refractivity contribution in [2.45, 2.75) is 57.7 Å². The fourth-order valence-corrected chi connectivity index (χ4v) is 10.2. The summed E-state index contributed by atoms with van der Waals surface area (Å²) >= 11 is 0. The second-order valence-corrected chi connectivity index (χ2v) is 14.2. The molecule has 0 amide bonds. The molecule has 4 aromatic carbocycles. The first-order chi connectivity index (χ1) is 20.1. The summed E-state index contributed by atoms with van der Waals surface area (Å²) in [5.74, 6) is 0.313. The van der Waals surface area contributed by atoms with Crippen molar-refractivity contribution in [3.8, 4) is 5.75 Å². The molecule has 2 atom stereocenters. The Morgan fingerprint density at radius 3 is 1.71 bits per heavy atom. The van der Waals surface area contributed by atoms with E-state index in [1.165, 1.54) is 15.9 Å². The predicted molar refractivity (Wildman–Crippen MR) is 170 cm³/mol. The van der Waals surface area contributed by atoms with Crippen molar-refractivity contribution < 1.29 is 18.9 Å². The summed E-state index contributed by atoms with van der Waals surface area (Å²) in [7, 11) is -0.304. The van der Waals surface area contributed by atoms with E-state index in [4.69, 9.17) is 18.9 Å². The Hall–Kier alpha value is -3.01. The van der Waals surface area contributed by atoms with Gasteiger partial charge < -0.3 is 18.9 Å². The van der Waals surface area contributed by atoms with Crippen LogP contribution >= 0.6 is 7.26 Å². The van der Waals surface area contributed by atoms with Crippen LogP contribution < -0.4 is 20.7 Å². The number of benzene rings is 4. The topological polar surface area (TPSA) is 36.9 Å². The minimum absolute atomic E-state index is 0.118. The monoisotopic (exact) mass is 569 g/mol. The van der Waals surface area contributed by atoms with Gasteiger partial charge in [0.2, 0.25) is 0 Å². The Morgan fingerprint density at radius 2 is 1.27 bits per heavy atom. The number of methoxy groups -OCH3 is 1. The van der Waals surface area contributed by atoms with E-state index >= 15 is 0 Å². The third-order valence-electron chi connectivity index (χ3n) is 8.33. The molecule has 5 heteroatoms. The molecule has 1 aliphatic rings. The molecule has 1 aliphatic heterocycles. The fourth-order valence-electron chi connectivity index (χ4n) is 5.89. The average molecular weight is 570 g/mol. The summed E-state index contributed by atoms with van der Waals surface area (Å²) in [5.41, 5.74) is 1.11. The minimum atomic E-state index is -1.99. The Bertz CT molecular complexity index is 1230. The summed E-state index contributed by atoms with van der Waals surface area (Å²) < 4.78 is 25.0. The Balaban J connectivity index is 1.50. The zero-order valence-corrected chi connectivity index (χ0v) is 25.3. The maximum Gasteiger partial charge on any atom is 0.168 e. The van der Waals surface area contributed by atoms with E-state index in [1.807, 2.05) is 12.1 Å². The van der Waals surface area contributed by atoms with Crippen molar-refractivity contribution in [1.82, 2.24) is 0 Å². The molecule has 41 heavy (non-hydrogen) atoms. The molecular formula is C36H42O4P+. The first-order valence-corrected chi connectivity index (χ1v) is 16.7. The van der Waals surface area contributed by atoms with Crippen LogP contribution in [-0.2, 0) is 20.8 Å². The largest absolute Gasteiger partial charge is 0.497 e. The lowest BCUT2D eigenvalue weighted by Gasteiger charge is -2.31. The van der Waals surface area contributed by atoms with E-state index in [1.54, 1.807) is 7.11 Å². The summed E-state index contributed by atoms with van der Waals surface area (Å²) in [6.07, 6.45) is 3.20. The normalized spacial score (nSPS) is 17.3. The van der Waals surface area contributed by atoms with Gasteiger partial charge >= 0.3 is 0 Å². The molecule has 4 aromatic rings. The highest BCUT2D eigenvalue weighted by atomic mass is 31.2. The van der Waals surface area contributed by atoms with Crippen molar-refractivity contribution in [2.24, 2.45) is 0 Å². The first-order valence-electron chi connectivity index (χ1n) is 14.7. The average Bonchev–Trinajstić information content (AvgIpc) is 3.49. The molecule has 0 aliphatic carbocycles.